The predicted octanol–water partition coefficient (Wildman–Crippen LogP) is 3.76. The van der Waals surface area contributed by atoms with Crippen molar-refractivity contribution in [2.24, 2.45) is 0 Å². The molecule has 2 aromatic rings. The largest absolute Gasteiger partial charge is 0.493 e. The number of hydrogen-bond acceptors (Lipinski definition) is 3. The minimum atomic E-state index is -0.308. The third kappa shape index (κ3) is 3.61. The zero-order chi connectivity index (χ0) is 13.8. The summed E-state index contributed by atoms with van der Waals surface area (Å²) in [6.45, 7) is 0.247. The number of rotatable bonds is 4. The van der Waals surface area contributed by atoms with Crippen LogP contribution in [-0.4, -0.2) is 7.11 Å². The molecule has 0 unspecified atom stereocenters. The van der Waals surface area contributed by atoms with E-state index < -0.39 is 0 Å². The van der Waals surface area contributed by atoms with Crippen molar-refractivity contribution in [3.63, 3.8) is 0 Å². The van der Waals surface area contributed by atoms with Crippen molar-refractivity contribution in [2.45, 2.75) is 6.61 Å². The Hall–Kier alpha value is -1.75. The van der Waals surface area contributed by atoms with E-state index in [1.54, 1.807) is 31.4 Å². The minimum absolute atomic E-state index is 0.247. The van der Waals surface area contributed by atoms with E-state index in [4.69, 9.17) is 15.2 Å². The number of nitrogens with two attached hydrogens (primary N) is 1. The van der Waals surface area contributed by atoms with E-state index >= 15 is 0 Å². The normalized spacial score (nSPS) is 10.3. The summed E-state index contributed by atoms with van der Waals surface area (Å²) in [5.41, 5.74) is 6.98. The highest BCUT2D eigenvalue weighted by atomic mass is 79.9. The first-order chi connectivity index (χ1) is 9.08. The Balaban J connectivity index is 2.14. The number of halogens is 2. The lowest BCUT2D eigenvalue weighted by Gasteiger charge is -2.11. The quantitative estimate of drug-likeness (QED) is 0.870. The Labute approximate surface area is 119 Å². The Morgan fingerprint density at radius 2 is 1.95 bits per heavy atom. The molecule has 0 radical (unpaired) electrons. The van der Waals surface area contributed by atoms with Gasteiger partial charge in [0.1, 0.15) is 12.4 Å². The summed E-state index contributed by atoms with van der Waals surface area (Å²) in [6.07, 6.45) is 0. The second-order valence-electron chi connectivity index (χ2n) is 3.98. The van der Waals surface area contributed by atoms with Gasteiger partial charge in [0.05, 0.1) is 7.11 Å². The van der Waals surface area contributed by atoms with Crippen LogP contribution in [0.15, 0.2) is 40.9 Å². The first-order valence-electron chi connectivity index (χ1n) is 5.60. The number of ether oxygens (including phenoxy) is 2. The number of methoxy groups -OCH3 is 1. The van der Waals surface area contributed by atoms with Gasteiger partial charge in [-0.2, -0.15) is 0 Å². The molecule has 0 aliphatic heterocycles. The van der Waals surface area contributed by atoms with Gasteiger partial charge >= 0.3 is 0 Å². The van der Waals surface area contributed by atoms with Crippen molar-refractivity contribution < 1.29 is 13.9 Å². The van der Waals surface area contributed by atoms with Gasteiger partial charge < -0.3 is 15.2 Å². The van der Waals surface area contributed by atoms with E-state index in [9.17, 15) is 4.39 Å². The Kier molecular flexibility index (Phi) is 4.27. The van der Waals surface area contributed by atoms with E-state index in [1.165, 1.54) is 12.1 Å². The molecular formula is C14H13BrFNO2. The van der Waals surface area contributed by atoms with Gasteiger partial charge in [0, 0.05) is 16.2 Å². The maximum Gasteiger partial charge on any atom is 0.162 e. The van der Waals surface area contributed by atoms with Crippen molar-refractivity contribution in [3.8, 4) is 11.5 Å². The standard InChI is InChI=1S/C14H13BrFNO2/c1-18-14-7-12(17)2-3-13(14)19-8-9-4-10(15)6-11(16)5-9/h2-7H,8,17H2,1H3. The topological polar surface area (TPSA) is 44.5 Å². The second kappa shape index (κ2) is 5.93. The first-order valence-corrected chi connectivity index (χ1v) is 6.39. The number of benzene rings is 2. The molecule has 3 nitrogen and oxygen atoms in total. The van der Waals surface area contributed by atoms with Crippen LogP contribution in [0, 0.1) is 5.82 Å². The van der Waals surface area contributed by atoms with Gasteiger partial charge in [-0.3, -0.25) is 0 Å². The lowest BCUT2D eigenvalue weighted by Crippen LogP contribution is -1.99. The fourth-order valence-corrected chi connectivity index (χ4v) is 2.17. The molecule has 0 bridgehead atoms. The zero-order valence-corrected chi connectivity index (χ0v) is 11.9. The summed E-state index contributed by atoms with van der Waals surface area (Å²) in [5.74, 6) is 0.810. The smallest absolute Gasteiger partial charge is 0.162 e. The SMILES string of the molecule is COc1cc(N)ccc1OCc1cc(F)cc(Br)c1. The van der Waals surface area contributed by atoms with Gasteiger partial charge in [0.2, 0.25) is 0 Å². The molecule has 0 saturated carbocycles. The molecule has 0 fully saturated rings. The van der Waals surface area contributed by atoms with Crippen LogP contribution < -0.4 is 15.2 Å². The third-order valence-electron chi connectivity index (χ3n) is 2.50. The molecule has 19 heavy (non-hydrogen) atoms. The van der Waals surface area contributed by atoms with Crippen LogP contribution in [0.1, 0.15) is 5.56 Å². The molecule has 2 N–H and O–H groups in total. The van der Waals surface area contributed by atoms with Crippen LogP contribution >= 0.6 is 15.9 Å². The summed E-state index contributed by atoms with van der Waals surface area (Å²) in [5, 5.41) is 0. The summed E-state index contributed by atoms with van der Waals surface area (Å²) < 4.78 is 24.7. The molecule has 0 amide bonds. The van der Waals surface area contributed by atoms with Gasteiger partial charge in [-0.25, -0.2) is 4.39 Å². The Bertz CT molecular complexity index is 569. The predicted molar refractivity (Wildman–Crippen MR) is 75.8 cm³/mol. The zero-order valence-electron chi connectivity index (χ0n) is 10.3. The van der Waals surface area contributed by atoms with Crippen molar-refractivity contribution in [1.29, 1.82) is 0 Å². The van der Waals surface area contributed by atoms with Crippen LogP contribution in [0.25, 0.3) is 0 Å². The molecule has 0 atom stereocenters. The molecule has 2 aromatic carbocycles. The average Bonchev–Trinajstić information content (AvgIpc) is 2.36. The monoisotopic (exact) mass is 325 g/mol. The lowest BCUT2D eigenvalue weighted by molar-refractivity contribution is 0.284. The molecule has 0 heterocycles. The Morgan fingerprint density at radius 3 is 2.63 bits per heavy atom. The van der Waals surface area contributed by atoms with Gasteiger partial charge in [-0.1, -0.05) is 15.9 Å². The van der Waals surface area contributed by atoms with Crippen LogP contribution in [0.3, 0.4) is 0 Å². The van der Waals surface area contributed by atoms with Crippen LogP contribution in [0.5, 0.6) is 11.5 Å². The molecule has 0 saturated heterocycles. The van der Waals surface area contributed by atoms with Crippen molar-refractivity contribution in [1.82, 2.24) is 0 Å². The van der Waals surface area contributed by atoms with Crippen molar-refractivity contribution in [2.75, 3.05) is 12.8 Å². The van der Waals surface area contributed by atoms with Crippen LogP contribution in [0.4, 0.5) is 10.1 Å². The molecule has 5 heteroatoms. The highest BCUT2D eigenvalue weighted by molar-refractivity contribution is 9.10. The number of anilines is 1. The minimum Gasteiger partial charge on any atom is -0.493 e. The van der Waals surface area contributed by atoms with Gasteiger partial charge in [0.15, 0.2) is 11.5 Å². The van der Waals surface area contributed by atoms with Crippen LogP contribution in [-0.2, 0) is 6.61 Å². The first kappa shape index (κ1) is 13.7. The summed E-state index contributed by atoms with van der Waals surface area (Å²) in [7, 11) is 1.54. The highest BCUT2D eigenvalue weighted by Gasteiger charge is 2.06. The van der Waals surface area contributed by atoms with Gasteiger partial charge in [-0.05, 0) is 35.9 Å². The summed E-state index contributed by atoms with van der Waals surface area (Å²) >= 11 is 3.24. The average molecular weight is 326 g/mol. The highest BCUT2D eigenvalue weighted by Crippen LogP contribution is 2.29. The second-order valence-corrected chi connectivity index (χ2v) is 4.89. The molecule has 0 aromatic heterocycles. The van der Waals surface area contributed by atoms with Crippen molar-refractivity contribution >= 4 is 21.6 Å². The maximum atomic E-state index is 13.2. The van der Waals surface area contributed by atoms with E-state index in [2.05, 4.69) is 15.9 Å². The molecule has 100 valence electrons. The molecule has 0 aliphatic rings. The number of hydrogen-bond donors (Lipinski definition) is 1. The van der Waals surface area contributed by atoms with E-state index in [0.717, 1.165) is 5.56 Å². The maximum absolute atomic E-state index is 13.2. The summed E-state index contributed by atoms with van der Waals surface area (Å²) in [4.78, 5) is 0. The summed E-state index contributed by atoms with van der Waals surface area (Å²) in [6, 6.07) is 9.74. The van der Waals surface area contributed by atoms with Gasteiger partial charge in [-0.15, -0.1) is 0 Å². The molecule has 0 spiro atoms. The van der Waals surface area contributed by atoms with E-state index in [-0.39, 0.29) is 12.4 Å². The number of nitrogen functional groups attached to an aromatic ring is 1. The van der Waals surface area contributed by atoms with E-state index in [0.29, 0.717) is 21.7 Å². The van der Waals surface area contributed by atoms with Gasteiger partial charge in [0.25, 0.3) is 0 Å². The van der Waals surface area contributed by atoms with E-state index in [1.807, 2.05) is 0 Å². The molecular weight excluding hydrogens is 313 g/mol. The Morgan fingerprint density at radius 1 is 1.16 bits per heavy atom. The van der Waals surface area contributed by atoms with Crippen molar-refractivity contribution in [3.05, 3.63) is 52.3 Å². The molecule has 2 rings (SSSR count). The fraction of sp³-hybridized carbons (Fsp3) is 0.143. The third-order valence-corrected chi connectivity index (χ3v) is 2.96. The van der Waals surface area contributed by atoms with Crippen LogP contribution in [0.2, 0.25) is 0 Å². The lowest BCUT2D eigenvalue weighted by atomic mass is 10.2. The molecule has 0 aliphatic carbocycles. The fourth-order valence-electron chi connectivity index (χ4n) is 1.66.